The van der Waals surface area contributed by atoms with Crippen LogP contribution in [0.25, 0.3) is 10.8 Å². The van der Waals surface area contributed by atoms with Crippen LogP contribution in [-0.2, 0) is 10.0 Å². The zero-order chi connectivity index (χ0) is 20.5. The Bertz CT molecular complexity index is 1140. The van der Waals surface area contributed by atoms with Gasteiger partial charge in [0, 0.05) is 24.1 Å². The second-order valence-corrected chi connectivity index (χ2v) is 9.67. The molecule has 0 fully saturated rings. The number of rotatable bonds is 5. The number of sulfonamides is 1. The van der Waals surface area contributed by atoms with E-state index in [0.29, 0.717) is 4.47 Å². The lowest BCUT2D eigenvalue weighted by Crippen LogP contribution is -2.27. The number of hydrogen-bond donors (Lipinski definition) is 1. The van der Waals surface area contributed by atoms with Gasteiger partial charge < -0.3 is 5.32 Å². The van der Waals surface area contributed by atoms with Crippen LogP contribution in [-0.4, -0.2) is 32.7 Å². The summed E-state index contributed by atoms with van der Waals surface area (Å²) in [4.78, 5) is 12.8. The number of amides is 1. The van der Waals surface area contributed by atoms with Crippen molar-refractivity contribution < 1.29 is 13.2 Å². The standard InChI is InChI=1S/C21H21BrN2O3S/c1-14(17-10-6-8-15-7-4-5-9-18(15)17)23-21(25)16-11-12-19(22)20(13-16)28(26,27)24(2)3/h4-14H,1-3H3,(H,23,25). The van der Waals surface area contributed by atoms with Crippen LogP contribution in [0.2, 0.25) is 0 Å². The summed E-state index contributed by atoms with van der Waals surface area (Å²) in [6.45, 7) is 1.91. The maximum atomic E-state index is 12.8. The SMILES string of the molecule is CC(NC(=O)c1ccc(Br)c(S(=O)(=O)N(C)C)c1)c1cccc2ccccc12. The Kier molecular flexibility index (Phi) is 5.88. The van der Waals surface area contributed by atoms with E-state index in [4.69, 9.17) is 0 Å². The van der Waals surface area contributed by atoms with Gasteiger partial charge in [0.1, 0.15) is 0 Å². The first-order chi connectivity index (χ1) is 13.2. The molecule has 0 aromatic heterocycles. The third-order valence-electron chi connectivity index (χ3n) is 4.59. The van der Waals surface area contributed by atoms with Crippen LogP contribution in [0.5, 0.6) is 0 Å². The molecule has 1 N–H and O–H groups in total. The number of hydrogen-bond acceptors (Lipinski definition) is 3. The molecule has 0 aliphatic heterocycles. The summed E-state index contributed by atoms with van der Waals surface area (Å²) in [5.41, 5.74) is 1.29. The molecule has 0 aliphatic carbocycles. The van der Waals surface area contributed by atoms with Crippen molar-refractivity contribution in [2.45, 2.75) is 17.9 Å². The van der Waals surface area contributed by atoms with Crippen molar-refractivity contribution in [3.63, 3.8) is 0 Å². The van der Waals surface area contributed by atoms with E-state index in [1.807, 2.05) is 49.4 Å². The topological polar surface area (TPSA) is 66.5 Å². The van der Waals surface area contributed by atoms with E-state index in [1.54, 1.807) is 12.1 Å². The predicted molar refractivity (Wildman–Crippen MR) is 115 cm³/mol. The van der Waals surface area contributed by atoms with E-state index < -0.39 is 10.0 Å². The summed E-state index contributed by atoms with van der Waals surface area (Å²) in [7, 11) is -0.756. The molecule has 3 rings (SSSR count). The first-order valence-electron chi connectivity index (χ1n) is 8.72. The van der Waals surface area contributed by atoms with Crippen LogP contribution in [0.3, 0.4) is 0 Å². The Morgan fingerprint density at radius 3 is 2.43 bits per heavy atom. The summed E-state index contributed by atoms with van der Waals surface area (Å²) in [6.07, 6.45) is 0. The fourth-order valence-corrected chi connectivity index (χ4v) is 4.87. The minimum Gasteiger partial charge on any atom is -0.345 e. The second kappa shape index (κ2) is 8.03. The smallest absolute Gasteiger partial charge is 0.251 e. The van der Waals surface area contributed by atoms with Crippen LogP contribution in [0, 0.1) is 0 Å². The van der Waals surface area contributed by atoms with Crippen LogP contribution < -0.4 is 5.32 Å². The fourth-order valence-electron chi connectivity index (χ4n) is 3.02. The van der Waals surface area contributed by atoms with Crippen molar-refractivity contribution >= 4 is 42.6 Å². The van der Waals surface area contributed by atoms with Gasteiger partial charge in [0.25, 0.3) is 5.91 Å². The predicted octanol–water partition coefficient (Wildman–Crippen LogP) is 4.34. The monoisotopic (exact) mass is 460 g/mol. The van der Waals surface area contributed by atoms with Crippen molar-refractivity contribution in [3.05, 3.63) is 76.3 Å². The molecule has 1 atom stereocenters. The molecule has 1 unspecified atom stereocenters. The quantitative estimate of drug-likeness (QED) is 0.615. The zero-order valence-electron chi connectivity index (χ0n) is 15.8. The first-order valence-corrected chi connectivity index (χ1v) is 11.0. The summed E-state index contributed by atoms with van der Waals surface area (Å²) in [5, 5.41) is 5.14. The number of nitrogens with one attached hydrogen (secondary N) is 1. The first kappa shape index (κ1) is 20.5. The highest BCUT2D eigenvalue weighted by Crippen LogP contribution is 2.27. The van der Waals surface area contributed by atoms with Crippen LogP contribution in [0.15, 0.2) is 70.0 Å². The zero-order valence-corrected chi connectivity index (χ0v) is 18.2. The van der Waals surface area contributed by atoms with Gasteiger partial charge in [0.05, 0.1) is 10.9 Å². The molecule has 5 nitrogen and oxygen atoms in total. The lowest BCUT2D eigenvalue weighted by molar-refractivity contribution is 0.0940. The second-order valence-electron chi connectivity index (χ2n) is 6.70. The molecule has 1 amide bonds. The van der Waals surface area contributed by atoms with Gasteiger partial charge in [-0.25, -0.2) is 12.7 Å². The maximum absolute atomic E-state index is 12.8. The van der Waals surface area contributed by atoms with Crippen molar-refractivity contribution in [2.24, 2.45) is 0 Å². The molecule has 0 saturated heterocycles. The minimum atomic E-state index is -3.67. The lowest BCUT2D eigenvalue weighted by Gasteiger charge is -2.18. The van der Waals surface area contributed by atoms with Gasteiger partial charge in [-0.3, -0.25) is 4.79 Å². The van der Waals surface area contributed by atoms with E-state index in [1.165, 1.54) is 20.2 Å². The van der Waals surface area contributed by atoms with Crippen LogP contribution >= 0.6 is 15.9 Å². The Morgan fingerprint density at radius 2 is 1.71 bits per heavy atom. The molecule has 0 spiro atoms. The average Bonchev–Trinajstić information content (AvgIpc) is 2.67. The molecule has 7 heteroatoms. The van der Waals surface area contributed by atoms with Gasteiger partial charge >= 0.3 is 0 Å². The average molecular weight is 461 g/mol. The van der Waals surface area contributed by atoms with Crippen molar-refractivity contribution in [1.82, 2.24) is 9.62 Å². The van der Waals surface area contributed by atoms with Crippen molar-refractivity contribution in [2.75, 3.05) is 14.1 Å². The van der Waals surface area contributed by atoms with E-state index in [0.717, 1.165) is 20.6 Å². The number of benzene rings is 3. The molecule has 0 bridgehead atoms. The van der Waals surface area contributed by atoms with Crippen LogP contribution in [0.4, 0.5) is 0 Å². The van der Waals surface area contributed by atoms with Gasteiger partial charge in [0.15, 0.2) is 0 Å². The number of carbonyl (C=O) groups excluding carboxylic acids is 1. The minimum absolute atomic E-state index is 0.0583. The molecule has 146 valence electrons. The lowest BCUT2D eigenvalue weighted by atomic mass is 9.99. The van der Waals surface area contributed by atoms with Gasteiger partial charge in [-0.15, -0.1) is 0 Å². The molecule has 0 radical (unpaired) electrons. The Hall–Kier alpha value is -2.22. The highest BCUT2D eigenvalue weighted by molar-refractivity contribution is 9.10. The highest BCUT2D eigenvalue weighted by Gasteiger charge is 2.23. The number of halogens is 1. The summed E-state index contributed by atoms with van der Waals surface area (Å²) >= 11 is 3.26. The third-order valence-corrected chi connectivity index (χ3v) is 7.40. The molecule has 3 aromatic carbocycles. The Morgan fingerprint density at radius 1 is 1.04 bits per heavy atom. The van der Waals surface area contributed by atoms with Gasteiger partial charge in [-0.2, -0.15) is 0 Å². The molecule has 0 saturated carbocycles. The highest BCUT2D eigenvalue weighted by atomic mass is 79.9. The van der Waals surface area contributed by atoms with E-state index >= 15 is 0 Å². The van der Waals surface area contributed by atoms with E-state index in [9.17, 15) is 13.2 Å². The molecular formula is C21H21BrN2O3S. The summed E-state index contributed by atoms with van der Waals surface area (Å²) in [6, 6.07) is 18.3. The molecule has 0 aliphatic rings. The van der Waals surface area contributed by atoms with E-state index in [-0.39, 0.29) is 22.4 Å². The molecule has 28 heavy (non-hydrogen) atoms. The number of fused-ring (bicyclic) bond motifs is 1. The number of carbonyl (C=O) groups is 1. The number of nitrogens with zero attached hydrogens (tertiary/aromatic N) is 1. The fraction of sp³-hybridized carbons (Fsp3) is 0.190. The van der Waals surface area contributed by atoms with Crippen molar-refractivity contribution in [3.8, 4) is 0 Å². The van der Waals surface area contributed by atoms with Gasteiger partial charge in [-0.1, -0.05) is 42.5 Å². The summed E-state index contributed by atoms with van der Waals surface area (Å²) < 4.78 is 26.5. The maximum Gasteiger partial charge on any atom is 0.251 e. The Labute approximate surface area is 173 Å². The molecule has 0 heterocycles. The third kappa shape index (κ3) is 3.97. The Balaban J connectivity index is 1.91. The normalized spacial score (nSPS) is 12.9. The van der Waals surface area contributed by atoms with Crippen molar-refractivity contribution in [1.29, 1.82) is 0 Å². The van der Waals surface area contributed by atoms with E-state index in [2.05, 4.69) is 21.2 Å². The molecular weight excluding hydrogens is 440 g/mol. The van der Waals surface area contributed by atoms with Gasteiger partial charge in [-0.05, 0) is 57.4 Å². The molecule has 3 aromatic rings. The largest absolute Gasteiger partial charge is 0.345 e. The van der Waals surface area contributed by atoms with Gasteiger partial charge in [0.2, 0.25) is 10.0 Å². The summed E-state index contributed by atoms with van der Waals surface area (Å²) in [5.74, 6) is -0.330. The van der Waals surface area contributed by atoms with Crippen LogP contribution in [0.1, 0.15) is 28.9 Å².